The van der Waals surface area contributed by atoms with E-state index in [0.717, 1.165) is 22.5 Å². The van der Waals surface area contributed by atoms with Crippen molar-refractivity contribution in [3.63, 3.8) is 0 Å². The Balaban J connectivity index is 1.56. The second kappa shape index (κ2) is 7.14. The predicted molar refractivity (Wildman–Crippen MR) is 132 cm³/mol. The molecule has 0 N–H and O–H groups in total. The molecule has 0 spiro atoms. The van der Waals surface area contributed by atoms with Crippen LogP contribution in [-0.4, -0.2) is 9.97 Å². The number of ether oxygens (including phenoxy) is 2. The van der Waals surface area contributed by atoms with E-state index in [2.05, 4.69) is 9.97 Å². The molecule has 0 radical (unpaired) electrons. The average Bonchev–Trinajstić information content (AvgIpc) is 2.89. The van der Waals surface area contributed by atoms with E-state index in [1.165, 1.54) is 0 Å². The fraction of sp³-hybridized carbons (Fsp3) is 0. The van der Waals surface area contributed by atoms with Gasteiger partial charge in [0.05, 0.1) is 22.0 Å². The van der Waals surface area contributed by atoms with E-state index in [-0.39, 0.29) is 0 Å². The van der Waals surface area contributed by atoms with E-state index in [1.807, 2.05) is 91.0 Å². The van der Waals surface area contributed by atoms with Gasteiger partial charge in [0.1, 0.15) is 28.3 Å². The van der Waals surface area contributed by atoms with Crippen LogP contribution in [0.3, 0.4) is 0 Å². The molecule has 4 heterocycles. The summed E-state index contributed by atoms with van der Waals surface area (Å²) in [6.45, 7) is 0. The maximum Gasteiger partial charge on any atom is 0.185 e. The molecule has 3 aromatic carbocycles. The highest BCUT2D eigenvalue weighted by Gasteiger charge is 2.47. The molecule has 162 valence electrons. The standard InChI is InChI=1S/C28H17N2O3P/c31-34-24-14-5-8-18(20-10-1-3-16-29-20)26(24)32-22-12-7-13-23(28(22)34)33-27-19(9-6-15-25(27)34)21-11-2-4-17-30-21/h1-17H. The Morgan fingerprint density at radius 3 is 1.53 bits per heavy atom. The van der Waals surface area contributed by atoms with Crippen LogP contribution in [0.5, 0.6) is 23.0 Å². The minimum absolute atomic E-state index is 0.547. The van der Waals surface area contributed by atoms with Crippen molar-refractivity contribution in [2.24, 2.45) is 0 Å². The van der Waals surface area contributed by atoms with E-state index < -0.39 is 7.14 Å². The molecule has 0 saturated heterocycles. The molecule has 6 heteroatoms. The first-order valence-corrected chi connectivity index (χ1v) is 12.6. The van der Waals surface area contributed by atoms with Gasteiger partial charge in [0.25, 0.3) is 0 Å². The molecule has 2 aliphatic heterocycles. The Kier molecular flexibility index (Phi) is 4.05. The zero-order chi connectivity index (χ0) is 22.7. The number of hydrogen-bond donors (Lipinski definition) is 0. The highest BCUT2D eigenvalue weighted by atomic mass is 31.2. The largest absolute Gasteiger partial charge is 0.455 e. The van der Waals surface area contributed by atoms with Crippen LogP contribution in [0.25, 0.3) is 22.5 Å². The summed E-state index contributed by atoms with van der Waals surface area (Å²) in [5.74, 6) is 2.24. The lowest BCUT2D eigenvalue weighted by molar-refractivity contribution is 0.463. The molecule has 5 nitrogen and oxygen atoms in total. The van der Waals surface area contributed by atoms with E-state index in [4.69, 9.17) is 9.47 Å². The van der Waals surface area contributed by atoms with E-state index in [9.17, 15) is 0 Å². The van der Waals surface area contributed by atoms with Crippen LogP contribution in [0.1, 0.15) is 0 Å². The fourth-order valence-electron chi connectivity index (χ4n) is 4.78. The first-order valence-electron chi connectivity index (χ1n) is 10.9. The number of aromatic nitrogens is 2. The molecule has 34 heavy (non-hydrogen) atoms. The Morgan fingerprint density at radius 1 is 0.559 bits per heavy atom. The quantitative estimate of drug-likeness (QED) is 0.312. The summed E-state index contributed by atoms with van der Waals surface area (Å²) in [7, 11) is -3.32. The topological polar surface area (TPSA) is 61.3 Å². The van der Waals surface area contributed by atoms with Crippen molar-refractivity contribution >= 4 is 23.1 Å². The molecule has 2 aliphatic rings. The molecule has 0 fully saturated rings. The third-order valence-electron chi connectivity index (χ3n) is 6.25. The fourth-order valence-corrected chi connectivity index (χ4v) is 7.87. The van der Waals surface area contributed by atoms with Gasteiger partial charge in [-0.15, -0.1) is 0 Å². The number of nitrogens with zero attached hydrogens (tertiary/aromatic N) is 2. The van der Waals surface area contributed by atoms with Gasteiger partial charge >= 0.3 is 0 Å². The number of fused-ring (bicyclic) bond motifs is 4. The minimum atomic E-state index is -3.32. The van der Waals surface area contributed by atoms with Crippen molar-refractivity contribution in [1.82, 2.24) is 9.97 Å². The third-order valence-corrected chi connectivity index (χ3v) is 9.38. The zero-order valence-corrected chi connectivity index (χ0v) is 18.8. The van der Waals surface area contributed by atoms with Crippen LogP contribution in [0.2, 0.25) is 0 Å². The van der Waals surface area contributed by atoms with Gasteiger partial charge < -0.3 is 14.0 Å². The average molecular weight is 460 g/mol. The zero-order valence-electron chi connectivity index (χ0n) is 17.9. The number of hydrogen-bond acceptors (Lipinski definition) is 5. The summed E-state index contributed by atoms with van der Waals surface area (Å²) in [5, 5.41) is 1.91. The van der Waals surface area contributed by atoms with Crippen LogP contribution in [0.4, 0.5) is 0 Å². The van der Waals surface area contributed by atoms with Crippen LogP contribution < -0.4 is 25.4 Å². The van der Waals surface area contributed by atoms with Crippen molar-refractivity contribution in [3.8, 4) is 45.5 Å². The van der Waals surface area contributed by atoms with Gasteiger partial charge in [-0.2, -0.15) is 0 Å². The lowest BCUT2D eigenvalue weighted by atomic mass is 10.1. The Labute approximate surface area is 196 Å². The highest BCUT2D eigenvalue weighted by Crippen LogP contribution is 2.60. The Bertz CT molecular complexity index is 1520. The first-order chi connectivity index (χ1) is 16.7. The monoisotopic (exact) mass is 460 g/mol. The maximum absolute atomic E-state index is 15.3. The second-order valence-corrected chi connectivity index (χ2v) is 10.8. The number of pyridine rings is 2. The molecule has 0 unspecified atom stereocenters. The highest BCUT2D eigenvalue weighted by molar-refractivity contribution is 7.86. The molecular formula is C28H17N2O3P. The predicted octanol–water partition coefficient (Wildman–Crippen LogP) is 5.66. The molecular weight excluding hydrogens is 443 g/mol. The minimum Gasteiger partial charge on any atom is -0.455 e. The third kappa shape index (κ3) is 2.59. The molecule has 2 aromatic heterocycles. The molecule has 0 bridgehead atoms. The summed E-state index contributed by atoms with van der Waals surface area (Å²) >= 11 is 0. The van der Waals surface area contributed by atoms with Gasteiger partial charge in [-0.1, -0.05) is 30.3 Å². The van der Waals surface area contributed by atoms with Crippen LogP contribution in [0, 0.1) is 0 Å². The van der Waals surface area contributed by atoms with Gasteiger partial charge in [0.15, 0.2) is 7.14 Å². The van der Waals surface area contributed by atoms with Gasteiger partial charge in [-0.3, -0.25) is 9.97 Å². The smallest absolute Gasteiger partial charge is 0.185 e. The normalized spacial score (nSPS) is 14.1. The van der Waals surface area contributed by atoms with Gasteiger partial charge in [0.2, 0.25) is 0 Å². The Hall–Kier alpha value is -4.21. The summed E-state index contributed by atoms with van der Waals surface area (Å²) in [6.07, 6.45) is 3.49. The van der Waals surface area contributed by atoms with Gasteiger partial charge in [-0.25, -0.2) is 0 Å². The summed E-state index contributed by atoms with van der Waals surface area (Å²) in [4.78, 5) is 9.03. The molecule has 5 aromatic rings. The van der Waals surface area contributed by atoms with Crippen molar-refractivity contribution in [3.05, 3.63) is 103 Å². The molecule has 0 amide bonds. The summed E-state index contributed by atoms with van der Waals surface area (Å²) in [6, 6.07) is 28.5. The van der Waals surface area contributed by atoms with Crippen LogP contribution >= 0.6 is 7.14 Å². The van der Waals surface area contributed by atoms with Crippen LogP contribution in [-0.2, 0) is 4.57 Å². The van der Waals surface area contributed by atoms with Crippen molar-refractivity contribution in [2.75, 3.05) is 0 Å². The van der Waals surface area contributed by atoms with Gasteiger partial charge in [-0.05, 0) is 60.7 Å². The second-order valence-electron chi connectivity index (χ2n) is 8.15. The number of rotatable bonds is 2. The van der Waals surface area contributed by atoms with Crippen molar-refractivity contribution in [2.45, 2.75) is 0 Å². The van der Waals surface area contributed by atoms with Crippen molar-refractivity contribution < 1.29 is 14.0 Å². The maximum atomic E-state index is 15.3. The van der Waals surface area contributed by atoms with Crippen LogP contribution in [0.15, 0.2) is 103 Å². The Morgan fingerprint density at radius 2 is 1.06 bits per heavy atom. The van der Waals surface area contributed by atoms with Gasteiger partial charge in [0, 0.05) is 23.5 Å². The SMILES string of the molecule is O=P12c3cccc(-c4ccccn4)c3Oc3cccc(c31)Oc1c(-c3ccccn3)cccc12. The summed E-state index contributed by atoms with van der Waals surface area (Å²) in [5.41, 5.74) is 3.14. The molecule has 0 aliphatic carbocycles. The number of benzene rings is 3. The molecule has 0 atom stereocenters. The van der Waals surface area contributed by atoms with E-state index >= 15 is 4.57 Å². The lowest BCUT2D eigenvalue weighted by Gasteiger charge is -2.35. The lowest BCUT2D eigenvalue weighted by Crippen LogP contribution is -2.35. The van der Waals surface area contributed by atoms with Crippen molar-refractivity contribution in [1.29, 1.82) is 0 Å². The summed E-state index contributed by atoms with van der Waals surface area (Å²) < 4.78 is 28.1. The first kappa shape index (κ1) is 19.3. The molecule has 7 rings (SSSR count). The molecule has 0 saturated carbocycles. The van der Waals surface area contributed by atoms with E-state index in [1.54, 1.807) is 12.4 Å². The van der Waals surface area contributed by atoms with E-state index in [0.29, 0.717) is 38.9 Å². The number of para-hydroxylation sites is 2.